The Morgan fingerprint density at radius 3 is 2.58 bits per heavy atom. The average Bonchev–Trinajstić information content (AvgIpc) is 2.59. The molecule has 0 aliphatic carbocycles. The highest BCUT2D eigenvalue weighted by Gasteiger charge is 2.11. The van der Waals surface area contributed by atoms with Gasteiger partial charge in [0.2, 0.25) is 11.8 Å². The summed E-state index contributed by atoms with van der Waals surface area (Å²) in [6, 6.07) is 9.67. The number of nitrogens with zero attached hydrogens (tertiary/aromatic N) is 3. The number of benzene rings is 1. The fraction of sp³-hybridized carbons (Fsp3) is 0.167. The Kier molecular flexibility index (Phi) is 4.52. The van der Waals surface area contributed by atoms with E-state index in [9.17, 15) is 4.39 Å². The van der Waals surface area contributed by atoms with Gasteiger partial charge < -0.3 is 10.5 Å². The molecule has 2 N–H and O–H groups in total. The second-order valence-corrected chi connectivity index (χ2v) is 4.95. The molecule has 3 aromatic rings. The van der Waals surface area contributed by atoms with Crippen molar-refractivity contribution in [3.63, 3.8) is 0 Å². The number of fused-ring (bicyclic) bond motifs is 1. The van der Waals surface area contributed by atoms with Gasteiger partial charge in [0.25, 0.3) is 0 Å². The second-order valence-electron chi connectivity index (χ2n) is 4.95. The lowest BCUT2D eigenvalue weighted by Gasteiger charge is -2.08. The Labute approximate surface area is 138 Å². The first-order valence-electron chi connectivity index (χ1n) is 7.46. The molecule has 2 aromatic heterocycles. The maximum absolute atomic E-state index is 13.1. The molecule has 5 nitrogen and oxygen atoms in total. The van der Waals surface area contributed by atoms with Crippen LogP contribution in [-0.4, -0.2) is 21.6 Å². The number of rotatable bonds is 3. The van der Waals surface area contributed by atoms with Crippen LogP contribution >= 0.6 is 0 Å². The summed E-state index contributed by atoms with van der Waals surface area (Å²) in [5.41, 5.74) is 8.23. The first-order chi connectivity index (χ1) is 11.7. The molecule has 0 radical (unpaired) electrons. The molecule has 0 fully saturated rings. The van der Waals surface area contributed by atoms with Crippen molar-refractivity contribution >= 4 is 17.0 Å². The molecule has 0 saturated heterocycles. The molecule has 6 heteroatoms. The normalized spacial score (nSPS) is 10.2. The van der Waals surface area contributed by atoms with Crippen LogP contribution in [0.1, 0.15) is 13.3 Å². The summed E-state index contributed by atoms with van der Waals surface area (Å²) in [6.07, 6.45) is 0.753. The molecular formula is C18H15FN4O. The molecule has 24 heavy (non-hydrogen) atoms. The highest BCUT2D eigenvalue weighted by atomic mass is 19.1. The molecule has 0 amide bonds. The lowest BCUT2D eigenvalue weighted by Crippen LogP contribution is -2.03. The van der Waals surface area contributed by atoms with E-state index in [1.165, 1.54) is 12.1 Å². The number of ether oxygens (including phenoxy) is 1. The third-order valence-electron chi connectivity index (χ3n) is 3.25. The SMILES string of the molecule is CCC#CCOc1nc(N)nc2ccc(-c3ccc(F)cc3)nc12. The van der Waals surface area contributed by atoms with Crippen molar-refractivity contribution in [2.24, 2.45) is 0 Å². The monoisotopic (exact) mass is 322 g/mol. The Morgan fingerprint density at radius 2 is 1.83 bits per heavy atom. The van der Waals surface area contributed by atoms with E-state index in [4.69, 9.17) is 10.5 Å². The van der Waals surface area contributed by atoms with Crippen molar-refractivity contribution in [3.05, 3.63) is 42.2 Å². The van der Waals surface area contributed by atoms with Gasteiger partial charge in [0.05, 0.1) is 11.2 Å². The summed E-state index contributed by atoms with van der Waals surface area (Å²) in [5.74, 6) is 5.89. The van der Waals surface area contributed by atoms with Gasteiger partial charge in [-0.3, -0.25) is 0 Å². The Balaban J connectivity index is 2.03. The van der Waals surface area contributed by atoms with Gasteiger partial charge in [0.15, 0.2) is 12.1 Å². The predicted molar refractivity (Wildman–Crippen MR) is 90.7 cm³/mol. The second kappa shape index (κ2) is 6.92. The zero-order valence-electron chi connectivity index (χ0n) is 13.1. The van der Waals surface area contributed by atoms with Crippen molar-refractivity contribution in [3.8, 4) is 29.0 Å². The van der Waals surface area contributed by atoms with Crippen molar-refractivity contribution in [2.45, 2.75) is 13.3 Å². The Hall–Kier alpha value is -3.20. The van der Waals surface area contributed by atoms with Crippen LogP contribution in [0.2, 0.25) is 0 Å². The first-order valence-corrected chi connectivity index (χ1v) is 7.46. The van der Waals surface area contributed by atoms with Crippen LogP contribution in [-0.2, 0) is 0 Å². The zero-order chi connectivity index (χ0) is 16.9. The minimum Gasteiger partial charge on any atom is -0.463 e. The smallest absolute Gasteiger partial charge is 0.246 e. The topological polar surface area (TPSA) is 73.9 Å². The largest absolute Gasteiger partial charge is 0.463 e. The van der Waals surface area contributed by atoms with Crippen molar-refractivity contribution in [2.75, 3.05) is 12.3 Å². The molecule has 0 saturated carbocycles. The van der Waals surface area contributed by atoms with Crippen molar-refractivity contribution in [1.82, 2.24) is 15.0 Å². The van der Waals surface area contributed by atoms with E-state index in [1.807, 2.05) is 6.92 Å². The summed E-state index contributed by atoms with van der Waals surface area (Å²) >= 11 is 0. The first kappa shape index (κ1) is 15.7. The summed E-state index contributed by atoms with van der Waals surface area (Å²) in [4.78, 5) is 12.8. The number of aromatic nitrogens is 3. The molecule has 0 aliphatic heterocycles. The van der Waals surface area contributed by atoms with Gasteiger partial charge in [-0.05, 0) is 36.4 Å². The van der Waals surface area contributed by atoms with Crippen molar-refractivity contribution < 1.29 is 9.13 Å². The van der Waals surface area contributed by atoms with Crippen LogP contribution < -0.4 is 10.5 Å². The molecule has 0 aliphatic rings. The molecule has 120 valence electrons. The van der Waals surface area contributed by atoms with E-state index in [0.717, 1.165) is 12.0 Å². The Morgan fingerprint density at radius 1 is 1.04 bits per heavy atom. The maximum atomic E-state index is 13.1. The summed E-state index contributed by atoms with van der Waals surface area (Å²) in [7, 11) is 0. The lowest BCUT2D eigenvalue weighted by atomic mass is 10.1. The van der Waals surface area contributed by atoms with Gasteiger partial charge in [-0.25, -0.2) is 14.4 Å². The van der Waals surface area contributed by atoms with Gasteiger partial charge in [-0.15, -0.1) is 5.92 Å². The van der Waals surface area contributed by atoms with Gasteiger partial charge in [0, 0.05) is 12.0 Å². The number of pyridine rings is 1. The molecule has 0 spiro atoms. The van der Waals surface area contributed by atoms with Crippen LogP contribution in [0.5, 0.6) is 5.88 Å². The quantitative estimate of drug-likeness (QED) is 0.750. The average molecular weight is 322 g/mol. The van der Waals surface area contributed by atoms with Gasteiger partial charge in [0.1, 0.15) is 5.82 Å². The number of nitrogens with two attached hydrogens (primary N) is 1. The standard InChI is InChI=1S/C18H15FN4O/c1-2-3-4-11-24-17-16-15(22-18(20)23-17)10-9-14(21-16)12-5-7-13(19)8-6-12/h5-10H,2,11H2,1H3,(H2,20,22,23). The molecule has 1 aromatic carbocycles. The number of nitrogen functional groups attached to an aromatic ring is 1. The molecule has 0 unspecified atom stereocenters. The number of hydrogen-bond acceptors (Lipinski definition) is 5. The third-order valence-corrected chi connectivity index (χ3v) is 3.25. The van der Waals surface area contributed by atoms with E-state index < -0.39 is 0 Å². The minimum atomic E-state index is -0.297. The highest BCUT2D eigenvalue weighted by Crippen LogP contribution is 2.25. The number of anilines is 1. The predicted octanol–water partition coefficient (Wildman–Crippen LogP) is 3.21. The van der Waals surface area contributed by atoms with Crippen LogP contribution in [0.3, 0.4) is 0 Å². The van der Waals surface area contributed by atoms with Crippen molar-refractivity contribution in [1.29, 1.82) is 0 Å². The van der Waals surface area contributed by atoms with E-state index >= 15 is 0 Å². The Bertz CT molecular complexity index is 929. The fourth-order valence-corrected chi connectivity index (χ4v) is 2.17. The number of halogens is 1. The summed E-state index contributed by atoms with van der Waals surface area (Å²) < 4.78 is 18.7. The van der Waals surface area contributed by atoms with Gasteiger partial charge in [-0.1, -0.05) is 12.8 Å². The zero-order valence-corrected chi connectivity index (χ0v) is 13.1. The van der Waals surface area contributed by atoms with E-state index in [2.05, 4.69) is 26.8 Å². The molecular weight excluding hydrogens is 307 g/mol. The minimum absolute atomic E-state index is 0.109. The van der Waals surface area contributed by atoms with E-state index in [0.29, 0.717) is 16.7 Å². The van der Waals surface area contributed by atoms with Crippen LogP contribution in [0.4, 0.5) is 10.3 Å². The summed E-state index contributed by atoms with van der Waals surface area (Å²) in [6.45, 7) is 2.16. The van der Waals surface area contributed by atoms with Gasteiger partial charge >= 0.3 is 0 Å². The summed E-state index contributed by atoms with van der Waals surface area (Å²) in [5, 5.41) is 0. The van der Waals surface area contributed by atoms with Gasteiger partial charge in [-0.2, -0.15) is 4.98 Å². The number of hydrogen-bond donors (Lipinski definition) is 1. The van der Waals surface area contributed by atoms with Crippen LogP contribution in [0, 0.1) is 17.7 Å². The van der Waals surface area contributed by atoms with Crippen LogP contribution in [0.15, 0.2) is 36.4 Å². The molecule has 0 bridgehead atoms. The fourth-order valence-electron chi connectivity index (χ4n) is 2.17. The molecule has 3 rings (SSSR count). The lowest BCUT2D eigenvalue weighted by molar-refractivity contribution is 0.359. The van der Waals surface area contributed by atoms with E-state index in [-0.39, 0.29) is 24.3 Å². The third kappa shape index (κ3) is 3.41. The molecule has 2 heterocycles. The maximum Gasteiger partial charge on any atom is 0.246 e. The van der Waals surface area contributed by atoms with E-state index in [1.54, 1.807) is 24.3 Å². The van der Waals surface area contributed by atoms with Crippen LogP contribution in [0.25, 0.3) is 22.3 Å². The molecule has 0 atom stereocenters. The highest BCUT2D eigenvalue weighted by molar-refractivity contribution is 5.83.